The molecule has 1 heterocycles. The van der Waals surface area contributed by atoms with Gasteiger partial charge in [-0.25, -0.2) is 0 Å². The predicted octanol–water partition coefficient (Wildman–Crippen LogP) is -0.485. The molecule has 7 heteroatoms. The second-order valence-electron chi connectivity index (χ2n) is 4.08. The number of rotatable bonds is 7. The average molecular weight is 276 g/mol. The van der Waals surface area contributed by atoms with Crippen LogP contribution >= 0.6 is 11.8 Å². The zero-order chi connectivity index (χ0) is 13.4. The minimum absolute atomic E-state index is 0.0624. The lowest BCUT2D eigenvalue weighted by Gasteiger charge is -2.11. The number of hydrogen-bond acceptors (Lipinski definition) is 6. The number of amides is 1. The van der Waals surface area contributed by atoms with Crippen molar-refractivity contribution in [2.45, 2.75) is 25.0 Å². The fraction of sp³-hybridized carbons (Fsp3) is 0.818. The number of nitrogens with two attached hydrogens (primary N) is 1. The monoisotopic (exact) mass is 276 g/mol. The average Bonchev–Trinajstić information content (AvgIpc) is 2.88. The van der Waals surface area contributed by atoms with Crippen LogP contribution in [0.15, 0.2) is 0 Å². The minimum Gasteiger partial charge on any atom is -0.468 e. The molecule has 2 atom stereocenters. The van der Waals surface area contributed by atoms with Gasteiger partial charge in [-0.2, -0.15) is 0 Å². The molecule has 0 aromatic carbocycles. The fourth-order valence-corrected chi connectivity index (χ4v) is 2.38. The summed E-state index contributed by atoms with van der Waals surface area (Å²) in [5.41, 5.74) is 5.54. The highest BCUT2D eigenvalue weighted by Gasteiger charge is 2.17. The number of carbonyl (C=O) groups is 2. The molecule has 1 fully saturated rings. The van der Waals surface area contributed by atoms with Crippen molar-refractivity contribution in [2.24, 2.45) is 5.73 Å². The zero-order valence-corrected chi connectivity index (χ0v) is 11.3. The molecule has 1 rings (SSSR count). The van der Waals surface area contributed by atoms with E-state index in [0.717, 1.165) is 19.4 Å². The van der Waals surface area contributed by atoms with Crippen molar-refractivity contribution in [1.82, 2.24) is 5.32 Å². The molecule has 1 aliphatic rings. The Bertz CT molecular complexity index is 282. The summed E-state index contributed by atoms with van der Waals surface area (Å²) >= 11 is 1.32. The Morgan fingerprint density at radius 2 is 2.39 bits per heavy atom. The molecule has 0 aromatic rings. The molecule has 3 N–H and O–H groups in total. The zero-order valence-electron chi connectivity index (χ0n) is 10.5. The van der Waals surface area contributed by atoms with Crippen LogP contribution in [0.25, 0.3) is 0 Å². The van der Waals surface area contributed by atoms with Gasteiger partial charge < -0.3 is 20.5 Å². The SMILES string of the molecule is COC(=O)C(N)CSCC(=O)NCC1CCCO1. The van der Waals surface area contributed by atoms with Crippen molar-refractivity contribution < 1.29 is 19.1 Å². The molecule has 6 nitrogen and oxygen atoms in total. The van der Waals surface area contributed by atoms with E-state index in [-0.39, 0.29) is 17.8 Å². The smallest absolute Gasteiger partial charge is 0.323 e. The van der Waals surface area contributed by atoms with Gasteiger partial charge in [-0.15, -0.1) is 11.8 Å². The molecule has 1 saturated heterocycles. The minimum atomic E-state index is -0.675. The lowest BCUT2D eigenvalue weighted by Crippen LogP contribution is -2.36. The number of hydrogen-bond donors (Lipinski definition) is 2. The third-order valence-electron chi connectivity index (χ3n) is 2.59. The fourth-order valence-electron chi connectivity index (χ4n) is 1.58. The molecule has 104 valence electrons. The molecule has 2 unspecified atom stereocenters. The van der Waals surface area contributed by atoms with E-state index in [1.54, 1.807) is 0 Å². The van der Waals surface area contributed by atoms with Crippen LogP contribution in [0.4, 0.5) is 0 Å². The van der Waals surface area contributed by atoms with Crippen LogP contribution in [0.1, 0.15) is 12.8 Å². The molecule has 1 amide bonds. The maximum Gasteiger partial charge on any atom is 0.323 e. The van der Waals surface area contributed by atoms with E-state index in [4.69, 9.17) is 10.5 Å². The van der Waals surface area contributed by atoms with Crippen LogP contribution in [0.5, 0.6) is 0 Å². The van der Waals surface area contributed by atoms with E-state index >= 15 is 0 Å². The number of ether oxygens (including phenoxy) is 2. The Morgan fingerprint density at radius 1 is 1.61 bits per heavy atom. The van der Waals surface area contributed by atoms with Crippen molar-refractivity contribution in [2.75, 3.05) is 31.8 Å². The number of carbonyl (C=O) groups excluding carboxylic acids is 2. The third kappa shape index (κ3) is 5.70. The predicted molar refractivity (Wildman–Crippen MR) is 69.3 cm³/mol. The van der Waals surface area contributed by atoms with E-state index < -0.39 is 12.0 Å². The molecular weight excluding hydrogens is 256 g/mol. The van der Waals surface area contributed by atoms with Crippen molar-refractivity contribution in [1.29, 1.82) is 0 Å². The molecule has 0 aromatic heterocycles. The van der Waals surface area contributed by atoms with Crippen LogP contribution < -0.4 is 11.1 Å². The third-order valence-corrected chi connectivity index (χ3v) is 3.65. The summed E-state index contributed by atoms with van der Waals surface area (Å²) in [5.74, 6) is 0.145. The normalized spacial score (nSPS) is 20.4. The molecule has 0 saturated carbocycles. The van der Waals surface area contributed by atoms with Gasteiger partial charge in [-0.05, 0) is 12.8 Å². The molecule has 0 spiro atoms. The second kappa shape index (κ2) is 8.34. The Morgan fingerprint density at radius 3 is 3.00 bits per heavy atom. The highest BCUT2D eigenvalue weighted by atomic mass is 32.2. The van der Waals surface area contributed by atoms with Crippen molar-refractivity contribution >= 4 is 23.6 Å². The summed E-state index contributed by atoms with van der Waals surface area (Å²) in [5, 5.41) is 2.80. The van der Waals surface area contributed by atoms with E-state index in [1.165, 1.54) is 18.9 Å². The van der Waals surface area contributed by atoms with Gasteiger partial charge in [0, 0.05) is 18.9 Å². The molecular formula is C11H20N2O4S. The van der Waals surface area contributed by atoms with E-state index in [9.17, 15) is 9.59 Å². The first kappa shape index (κ1) is 15.3. The number of esters is 1. The summed E-state index contributed by atoms with van der Waals surface area (Å²) in [6, 6.07) is -0.675. The second-order valence-corrected chi connectivity index (χ2v) is 5.11. The Kier molecular flexibility index (Phi) is 7.07. The molecule has 1 aliphatic heterocycles. The summed E-state index contributed by atoms with van der Waals surface area (Å²) < 4.78 is 9.88. The van der Waals surface area contributed by atoms with Gasteiger partial charge in [0.2, 0.25) is 5.91 Å². The van der Waals surface area contributed by atoms with Crippen molar-refractivity contribution in [3.8, 4) is 0 Å². The quantitative estimate of drug-likeness (QED) is 0.610. The summed E-state index contributed by atoms with van der Waals surface area (Å²) in [7, 11) is 1.29. The van der Waals surface area contributed by atoms with Gasteiger partial charge in [0.25, 0.3) is 0 Å². The van der Waals surface area contributed by atoms with Gasteiger partial charge in [-0.1, -0.05) is 0 Å². The van der Waals surface area contributed by atoms with Crippen LogP contribution in [-0.4, -0.2) is 55.8 Å². The number of thioether (sulfide) groups is 1. The highest BCUT2D eigenvalue weighted by molar-refractivity contribution is 8.00. The summed E-state index contributed by atoms with van der Waals surface area (Å²) in [6.45, 7) is 1.34. The van der Waals surface area contributed by atoms with Gasteiger partial charge in [-0.3, -0.25) is 9.59 Å². The first-order chi connectivity index (χ1) is 8.63. The first-order valence-electron chi connectivity index (χ1n) is 5.93. The van der Waals surface area contributed by atoms with Crippen LogP contribution in [0.3, 0.4) is 0 Å². The number of methoxy groups -OCH3 is 1. The Hall–Kier alpha value is -0.790. The van der Waals surface area contributed by atoms with Gasteiger partial charge >= 0.3 is 5.97 Å². The standard InChI is InChI=1S/C11H20N2O4S/c1-16-11(15)9(12)6-18-7-10(14)13-5-8-3-2-4-17-8/h8-9H,2-7,12H2,1H3,(H,13,14). The maximum absolute atomic E-state index is 11.5. The van der Waals surface area contributed by atoms with E-state index in [2.05, 4.69) is 10.1 Å². The highest BCUT2D eigenvalue weighted by Crippen LogP contribution is 2.10. The first-order valence-corrected chi connectivity index (χ1v) is 7.08. The van der Waals surface area contributed by atoms with Crippen molar-refractivity contribution in [3.63, 3.8) is 0 Å². The summed E-state index contributed by atoms with van der Waals surface area (Å²) in [4.78, 5) is 22.5. The van der Waals surface area contributed by atoms with Crippen LogP contribution in [0, 0.1) is 0 Å². The summed E-state index contributed by atoms with van der Waals surface area (Å²) in [6.07, 6.45) is 2.21. The van der Waals surface area contributed by atoms with Gasteiger partial charge in [0.15, 0.2) is 0 Å². The van der Waals surface area contributed by atoms with Crippen LogP contribution in [0.2, 0.25) is 0 Å². The maximum atomic E-state index is 11.5. The molecule has 0 aliphatic carbocycles. The van der Waals surface area contributed by atoms with Gasteiger partial charge in [0.05, 0.1) is 19.0 Å². The largest absolute Gasteiger partial charge is 0.468 e. The van der Waals surface area contributed by atoms with Crippen molar-refractivity contribution in [3.05, 3.63) is 0 Å². The Balaban J connectivity index is 2.04. The van der Waals surface area contributed by atoms with E-state index in [1.807, 2.05) is 0 Å². The topological polar surface area (TPSA) is 90.7 Å². The van der Waals surface area contributed by atoms with E-state index in [0.29, 0.717) is 12.3 Å². The lowest BCUT2D eigenvalue weighted by molar-refractivity contribution is -0.141. The van der Waals surface area contributed by atoms with Gasteiger partial charge in [0.1, 0.15) is 6.04 Å². The molecule has 0 bridgehead atoms. The lowest BCUT2D eigenvalue weighted by atomic mass is 10.2. The molecule has 18 heavy (non-hydrogen) atoms. The van der Waals surface area contributed by atoms with Crippen LogP contribution in [-0.2, 0) is 19.1 Å². The Labute approximate surface area is 111 Å². The molecule has 0 radical (unpaired) electrons. The number of nitrogens with one attached hydrogen (secondary N) is 1.